The molecule has 1 unspecified atom stereocenters. The third-order valence-electron chi connectivity index (χ3n) is 6.64. The molecule has 6 nitrogen and oxygen atoms in total. The molecule has 1 N–H and O–H groups in total. The topological polar surface area (TPSA) is 69.3 Å². The number of piperidine rings is 1. The van der Waals surface area contributed by atoms with E-state index in [0.717, 1.165) is 42.6 Å². The summed E-state index contributed by atoms with van der Waals surface area (Å²) in [6.07, 6.45) is 4.91. The fourth-order valence-electron chi connectivity index (χ4n) is 4.98. The summed E-state index contributed by atoms with van der Waals surface area (Å²) in [4.78, 5) is 30.9. The Balaban J connectivity index is 1.42. The Morgan fingerprint density at radius 2 is 1.68 bits per heavy atom. The number of carbonyl (C=O) groups excluding carboxylic acids is 2. The van der Waals surface area contributed by atoms with Crippen molar-refractivity contribution >= 4 is 17.5 Å². The number of aromatic amines is 1. The Morgan fingerprint density at radius 1 is 0.968 bits per heavy atom. The lowest BCUT2D eigenvalue weighted by Gasteiger charge is -2.44. The van der Waals surface area contributed by atoms with E-state index in [1.807, 2.05) is 71.3 Å². The third kappa shape index (κ3) is 3.32. The van der Waals surface area contributed by atoms with Gasteiger partial charge in [0.25, 0.3) is 11.8 Å². The van der Waals surface area contributed by atoms with Gasteiger partial charge in [0.05, 0.1) is 5.69 Å². The van der Waals surface area contributed by atoms with Gasteiger partial charge >= 0.3 is 0 Å². The number of nitrogens with zero attached hydrogens (tertiary/aromatic N) is 3. The molecule has 0 aliphatic carbocycles. The van der Waals surface area contributed by atoms with Crippen LogP contribution in [-0.4, -0.2) is 45.5 Å². The lowest BCUT2D eigenvalue weighted by atomic mass is 9.84. The van der Waals surface area contributed by atoms with E-state index < -0.39 is 5.54 Å². The van der Waals surface area contributed by atoms with Gasteiger partial charge in [-0.15, -0.1) is 0 Å². The van der Waals surface area contributed by atoms with Crippen LogP contribution in [-0.2, 0) is 4.79 Å². The fraction of sp³-hybridized carbons (Fsp3) is 0.320. The van der Waals surface area contributed by atoms with Crippen LogP contribution in [0.25, 0.3) is 11.3 Å². The maximum atomic E-state index is 13.7. The van der Waals surface area contributed by atoms with Crippen LogP contribution >= 0.6 is 0 Å². The number of benzene rings is 2. The Morgan fingerprint density at radius 3 is 2.35 bits per heavy atom. The highest BCUT2D eigenvalue weighted by Crippen LogP contribution is 2.40. The van der Waals surface area contributed by atoms with Gasteiger partial charge in [-0.2, -0.15) is 5.10 Å². The number of hydrogen-bond acceptors (Lipinski definition) is 3. The second kappa shape index (κ2) is 7.69. The molecule has 2 amide bonds. The van der Waals surface area contributed by atoms with Crippen LogP contribution in [0.2, 0.25) is 0 Å². The first-order chi connectivity index (χ1) is 15.1. The predicted molar refractivity (Wildman–Crippen MR) is 120 cm³/mol. The van der Waals surface area contributed by atoms with Crippen molar-refractivity contribution < 1.29 is 9.59 Å². The van der Waals surface area contributed by atoms with E-state index in [4.69, 9.17) is 0 Å². The first kappa shape index (κ1) is 19.5. The predicted octanol–water partition coefficient (Wildman–Crippen LogP) is 4.19. The molecule has 0 radical (unpaired) electrons. The highest BCUT2D eigenvalue weighted by atomic mass is 16.2. The number of aryl methyl sites for hydroxylation is 1. The van der Waals surface area contributed by atoms with Crippen LogP contribution < -0.4 is 4.90 Å². The summed E-state index contributed by atoms with van der Waals surface area (Å²) in [6.45, 7) is 3.36. The first-order valence-corrected chi connectivity index (χ1v) is 10.9. The first-order valence-electron chi connectivity index (χ1n) is 10.9. The summed E-state index contributed by atoms with van der Waals surface area (Å²) in [6, 6.07) is 17.5. The zero-order chi connectivity index (χ0) is 21.4. The molecule has 2 aliphatic rings. The minimum Gasteiger partial charge on any atom is -0.324 e. The van der Waals surface area contributed by atoms with Gasteiger partial charge in [0.15, 0.2) is 0 Å². The van der Waals surface area contributed by atoms with Crippen molar-refractivity contribution in [1.82, 2.24) is 15.1 Å². The summed E-state index contributed by atoms with van der Waals surface area (Å²) in [5.74, 6) is -0.00435. The second-order valence-corrected chi connectivity index (χ2v) is 8.54. The standard InChI is InChI=1S/C25H26N4O2/c1-18-4-10-21(11-5-18)28-16-2-13-25(24(28)31)14-3-17-29(25)23(30)20-8-6-19(7-9-20)22-12-15-26-27-22/h4-12,15H,2-3,13-14,16-17H2,1H3,(H,26,27). The molecule has 1 spiro atoms. The van der Waals surface area contributed by atoms with Gasteiger partial charge in [-0.1, -0.05) is 29.8 Å². The number of hydrogen-bond donors (Lipinski definition) is 1. The average molecular weight is 415 g/mol. The van der Waals surface area contributed by atoms with Crippen molar-refractivity contribution in [2.75, 3.05) is 18.0 Å². The average Bonchev–Trinajstić information content (AvgIpc) is 3.47. The number of anilines is 1. The van der Waals surface area contributed by atoms with Crippen molar-refractivity contribution in [3.05, 3.63) is 71.9 Å². The molecule has 0 bridgehead atoms. The molecule has 3 aromatic rings. The van der Waals surface area contributed by atoms with Crippen molar-refractivity contribution in [2.24, 2.45) is 0 Å². The van der Waals surface area contributed by atoms with Crippen LogP contribution in [0.1, 0.15) is 41.6 Å². The summed E-state index contributed by atoms with van der Waals surface area (Å²) in [5.41, 5.74) is 3.85. The van der Waals surface area contributed by atoms with E-state index in [2.05, 4.69) is 10.2 Å². The van der Waals surface area contributed by atoms with Gasteiger partial charge < -0.3 is 9.80 Å². The van der Waals surface area contributed by atoms with Crippen molar-refractivity contribution in [3.63, 3.8) is 0 Å². The van der Waals surface area contributed by atoms with Gasteiger partial charge in [-0.25, -0.2) is 0 Å². The summed E-state index contributed by atoms with van der Waals surface area (Å²) < 4.78 is 0. The highest BCUT2D eigenvalue weighted by Gasteiger charge is 2.53. The summed E-state index contributed by atoms with van der Waals surface area (Å²) in [5, 5.41) is 6.92. The molecule has 3 heterocycles. The van der Waals surface area contributed by atoms with E-state index in [1.54, 1.807) is 6.20 Å². The van der Waals surface area contributed by atoms with Crippen molar-refractivity contribution in [1.29, 1.82) is 0 Å². The van der Waals surface area contributed by atoms with Gasteiger partial charge in [0.1, 0.15) is 5.54 Å². The van der Waals surface area contributed by atoms with Crippen LogP contribution in [0.3, 0.4) is 0 Å². The molecular formula is C25H26N4O2. The molecule has 0 saturated carbocycles. The van der Waals surface area contributed by atoms with Crippen LogP contribution in [0.4, 0.5) is 5.69 Å². The molecule has 1 atom stereocenters. The molecule has 1 aromatic heterocycles. The van der Waals surface area contributed by atoms with E-state index in [0.29, 0.717) is 18.7 Å². The minimum absolute atomic E-state index is 0.0579. The van der Waals surface area contributed by atoms with Crippen LogP contribution in [0, 0.1) is 6.92 Å². The van der Waals surface area contributed by atoms with Gasteiger partial charge in [-0.05, 0) is 68.5 Å². The number of H-pyrrole nitrogens is 1. The quantitative estimate of drug-likeness (QED) is 0.699. The van der Waals surface area contributed by atoms with Gasteiger partial charge in [0, 0.05) is 30.5 Å². The monoisotopic (exact) mass is 414 g/mol. The van der Waals surface area contributed by atoms with E-state index in [9.17, 15) is 9.59 Å². The largest absolute Gasteiger partial charge is 0.324 e. The second-order valence-electron chi connectivity index (χ2n) is 8.54. The molecule has 2 aromatic carbocycles. The Kier molecular flexibility index (Phi) is 4.85. The zero-order valence-corrected chi connectivity index (χ0v) is 17.7. The molecule has 6 heteroatoms. The third-order valence-corrected chi connectivity index (χ3v) is 6.64. The Labute approximate surface area is 181 Å². The Bertz CT molecular complexity index is 1090. The molecule has 5 rings (SSSR count). The maximum absolute atomic E-state index is 13.7. The number of aromatic nitrogens is 2. The molecule has 158 valence electrons. The maximum Gasteiger partial charge on any atom is 0.254 e. The lowest BCUT2D eigenvalue weighted by molar-refractivity contribution is -0.130. The zero-order valence-electron chi connectivity index (χ0n) is 17.7. The molecule has 2 fully saturated rings. The molecule has 31 heavy (non-hydrogen) atoms. The molecule has 2 aliphatic heterocycles. The van der Waals surface area contributed by atoms with Crippen LogP contribution in [0.15, 0.2) is 60.8 Å². The SMILES string of the molecule is Cc1ccc(N2CCCC3(CCCN3C(=O)c3ccc(-c4ccn[nH]4)cc3)C2=O)cc1. The van der Waals surface area contributed by atoms with E-state index in [1.165, 1.54) is 5.56 Å². The fourth-order valence-corrected chi connectivity index (χ4v) is 4.98. The molecule has 2 saturated heterocycles. The van der Waals surface area contributed by atoms with Crippen molar-refractivity contribution in [2.45, 2.75) is 38.1 Å². The van der Waals surface area contributed by atoms with Crippen molar-refractivity contribution in [3.8, 4) is 11.3 Å². The normalized spacial score (nSPS) is 21.1. The number of carbonyl (C=O) groups is 2. The van der Waals surface area contributed by atoms with Gasteiger partial charge in [0.2, 0.25) is 0 Å². The lowest BCUT2D eigenvalue weighted by Crippen LogP contribution is -2.61. The Hall–Kier alpha value is -3.41. The highest BCUT2D eigenvalue weighted by molar-refractivity contribution is 6.06. The summed E-state index contributed by atoms with van der Waals surface area (Å²) >= 11 is 0. The van der Waals surface area contributed by atoms with Gasteiger partial charge in [-0.3, -0.25) is 14.7 Å². The number of likely N-dealkylation sites (tertiary alicyclic amines) is 1. The van der Waals surface area contributed by atoms with E-state index in [-0.39, 0.29) is 11.8 Å². The molecular weight excluding hydrogens is 388 g/mol. The minimum atomic E-state index is -0.734. The number of amides is 2. The smallest absolute Gasteiger partial charge is 0.254 e. The number of nitrogens with one attached hydrogen (secondary N) is 1. The van der Waals surface area contributed by atoms with E-state index >= 15 is 0 Å². The van der Waals surface area contributed by atoms with Crippen LogP contribution in [0.5, 0.6) is 0 Å². The summed E-state index contributed by atoms with van der Waals surface area (Å²) in [7, 11) is 0. The number of rotatable bonds is 3.